The molecule has 0 unspecified atom stereocenters. The SMILES string of the molecule is Cc1ccccc1-c1ccc(C=Cc2cn[nH]n2)cc1. The molecular weight excluding hydrogens is 246 g/mol. The first-order valence-electron chi connectivity index (χ1n) is 6.53. The minimum absolute atomic E-state index is 0.827. The predicted octanol–water partition coefficient (Wildman–Crippen LogP) is 3.95. The number of aromatic amines is 1. The van der Waals surface area contributed by atoms with Gasteiger partial charge in [-0.1, -0.05) is 54.6 Å². The molecule has 2 aromatic carbocycles. The third-order valence-electron chi connectivity index (χ3n) is 3.25. The molecule has 98 valence electrons. The van der Waals surface area contributed by atoms with E-state index in [4.69, 9.17) is 0 Å². The Hall–Kier alpha value is -2.68. The lowest BCUT2D eigenvalue weighted by molar-refractivity contribution is 0.937. The van der Waals surface area contributed by atoms with Crippen molar-refractivity contribution in [1.82, 2.24) is 15.4 Å². The maximum absolute atomic E-state index is 3.99. The topological polar surface area (TPSA) is 41.6 Å². The average molecular weight is 261 g/mol. The van der Waals surface area contributed by atoms with Gasteiger partial charge in [0.2, 0.25) is 0 Å². The number of H-pyrrole nitrogens is 1. The van der Waals surface area contributed by atoms with Crippen molar-refractivity contribution in [3.8, 4) is 11.1 Å². The van der Waals surface area contributed by atoms with Gasteiger partial charge in [0.1, 0.15) is 5.69 Å². The largest absolute Gasteiger partial charge is 0.197 e. The maximum Gasteiger partial charge on any atom is 0.105 e. The Bertz CT molecular complexity index is 710. The number of hydrogen-bond acceptors (Lipinski definition) is 2. The van der Waals surface area contributed by atoms with Gasteiger partial charge in [0.05, 0.1) is 6.20 Å². The Labute approximate surface area is 118 Å². The summed E-state index contributed by atoms with van der Waals surface area (Å²) in [6.07, 6.45) is 5.66. The second-order valence-electron chi connectivity index (χ2n) is 4.67. The lowest BCUT2D eigenvalue weighted by Gasteiger charge is -2.05. The van der Waals surface area contributed by atoms with Gasteiger partial charge in [-0.2, -0.15) is 15.4 Å². The molecular formula is C17H15N3. The van der Waals surface area contributed by atoms with Crippen LogP contribution in [0.25, 0.3) is 23.3 Å². The van der Waals surface area contributed by atoms with Gasteiger partial charge in [0.15, 0.2) is 0 Å². The van der Waals surface area contributed by atoms with Crippen LogP contribution in [-0.2, 0) is 0 Å². The minimum atomic E-state index is 0.827. The fraction of sp³-hybridized carbons (Fsp3) is 0.0588. The molecule has 0 fully saturated rings. The molecule has 0 atom stereocenters. The van der Waals surface area contributed by atoms with Crippen LogP contribution in [0.3, 0.4) is 0 Å². The van der Waals surface area contributed by atoms with E-state index >= 15 is 0 Å². The van der Waals surface area contributed by atoms with Gasteiger partial charge in [0, 0.05) is 0 Å². The minimum Gasteiger partial charge on any atom is -0.197 e. The van der Waals surface area contributed by atoms with Crippen LogP contribution in [0.2, 0.25) is 0 Å². The predicted molar refractivity (Wildman–Crippen MR) is 81.9 cm³/mol. The normalized spacial score (nSPS) is 11.1. The highest BCUT2D eigenvalue weighted by Crippen LogP contribution is 2.23. The molecule has 1 heterocycles. The van der Waals surface area contributed by atoms with Gasteiger partial charge < -0.3 is 0 Å². The lowest BCUT2D eigenvalue weighted by Crippen LogP contribution is -1.82. The van der Waals surface area contributed by atoms with Crippen molar-refractivity contribution >= 4 is 12.2 Å². The van der Waals surface area contributed by atoms with Crippen molar-refractivity contribution in [1.29, 1.82) is 0 Å². The molecule has 20 heavy (non-hydrogen) atoms. The van der Waals surface area contributed by atoms with E-state index in [-0.39, 0.29) is 0 Å². The van der Waals surface area contributed by atoms with Gasteiger partial charge in [0.25, 0.3) is 0 Å². The summed E-state index contributed by atoms with van der Waals surface area (Å²) < 4.78 is 0. The van der Waals surface area contributed by atoms with Gasteiger partial charge in [-0.05, 0) is 35.3 Å². The van der Waals surface area contributed by atoms with E-state index in [0.717, 1.165) is 11.3 Å². The van der Waals surface area contributed by atoms with E-state index in [1.807, 2.05) is 12.2 Å². The van der Waals surface area contributed by atoms with Crippen LogP contribution in [0.4, 0.5) is 0 Å². The zero-order valence-corrected chi connectivity index (χ0v) is 11.2. The third-order valence-corrected chi connectivity index (χ3v) is 3.25. The van der Waals surface area contributed by atoms with Crippen LogP contribution in [0.15, 0.2) is 54.7 Å². The smallest absolute Gasteiger partial charge is 0.105 e. The highest BCUT2D eigenvalue weighted by Gasteiger charge is 2.00. The zero-order chi connectivity index (χ0) is 13.8. The first-order chi connectivity index (χ1) is 9.83. The van der Waals surface area contributed by atoms with E-state index < -0.39 is 0 Å². The second-order valence-corrected chi connectivity index (χ2v) is 4.67. The summed E-state index contributed by atoms with van der Waals surface area (Å²) in [4.78, 5) is 0. The summed E-state index contributed by atoms with van der Waals surface area (Å²) in [5.41, 5.74) is 5.78. The number of rotatable bonds is 3. The van der Waals surface area contributed by atoms with E-state index in [0.29, 0.717) is 0 Å². The average Bonchev–Trinajstić information content (AvgIpc) is 3.00. The van der Waals surface area contributed by atoms with E-state index in [1.54, 1.807) is 6.20 Å². The molecule has 0 aliphatic heterocycles. The van der Waals surface area contributed by atoms with Crippen LogP contribution in [-0.4, -0.2) is 15.4 Å². The van der Waals surface area contributed by atoms with Crippen LogP contribution in [0, 0.1) is 6.92 Å². The van der Waals surface area contributed by atoms with Gasteiger partial charge in [-0.15, -0.1) is 0 Å². The molecule has 0 saturated heterocycles. The first-order valence-corrected chi connectivity index (χ1v) is 6.53. The number of nitrogens with zero attached hydrogens (tertiary/aromatic N) is 2. The summed E-state index contributed by atoms with van der Waals surface area (Å²) in [6.45, 7) is 2.13. The standard InChI is InChI=1S/C17H15N3/c1-13-4-2-3-5-17(13)15-9-6-14(7-10-15)8-11-16-12-18-20-19-16/h2-12H,1H3,(H,18,19,20). The highest BCUT2D eigenvalue weighted by atomic mass is 15.3. The number of benzene rings is 2. The van der Waals surface area contributed by atoms with Gasteiger partial charge >= 0.3 is 0 Å². The fourth-order valence-corrected chi connectivity index (χ4v) is 2.14. The van der Waals surface area contributed by atoms with Crippen LogP contribution in [0.1, 0.15) is 16.8 Å². The zero-order valence-electron chi connectivity index (χ0n) is 11.2. The van der Waals surface area contributed by atoms with Crippen molar-refractivity contribution in [2.24, 2.45) is 0 Å². The van der Waals surface area contributed by atoms with Crippen LogP contribution in [0.5, 0.6) is 0 Å². The summed E-state index contributed by atoms with van der Waals surface area (Å²) in [6, 6.07) is 16.9. The molecule has 0 aliphatic carbocycles. The molecule has 3 nitrogen and oxygen atoms in total. The number of aryl methyl sites for hydroxylation is 1. The monoisotopic (exact) mass is 261 g/mol. The van der Waals surface area contributed by atoms with Crippen molar-refractivity contribution in [3.63, 3.8) is 0 Å². The molecule has 0 spiro atoms. The van der Waals surface area contributed by atoms with Crippen LogP contribution < -0.4 is 0 Å². The summed E-state index contributed by atoms with van der Waals surface area (Å²) in [5, 5.41) is 10.3. The van der Waals surface area contributed by atoms with E-state index in [1.165, 1.54) is 16.7 Å². The fourth-order valence-electron chi connectivity index (χ4n) is 2.14. The van der Waals surface area contributed by atoms with Crippen LogP contribution >= 0.6 is 0 Å². The molecule has 3 aromatic rings. The van der Waals surface area contributed by atoms with E-state index in [9.17, 15) is 0 Å². The van der Waals surface area contributed by atoms with Crippen molar-refractivity contribution < 1.29 is 0 Å². The van der Waals surface area contributed by atoms with Gasteiger partial charge in [-0.3, -0.25) is 0 Å². The molecule has 3 heteroatoms. The first kappa shape index (κ1) is 12.4. The van der Waals surface area contributed by atoms with E-state index in [2.05, 4.69) is 70.9 Å². The summed E-state index contributed by atoms with van der Waals surface area (Å²) in [7, 11) is 0. The molecule has 0 saturated carbocycles. The molecule has 0 aliphatic rings. The Balaban J connectivity index is 1.83. The highest BCUT2D eigenvalue weighted by molar-refractivity contribution is 5.72. The number of nitrogens with one attached hydrogen (secondary N) is 1. The van der Waals surface area contributed by atoms with Crippen molar-refractivity contribution in [3.05, 3.63) is 71.5 Å². The number of aromatic nitrogens is 3. The Kier molecular flexibility index (Phi) is 3.42. The maximum atomic E-state index is 3.99. The number of hydrogen-bond donors (Lipinski definition) is 1. The Morgan fingerprint density at radius 2 is 1.75 bits per heavy atom. The molecule has 0 bridgehead atoms. The second kappa shape index (κ2) is 5.53. The molecule has 3 rings (SSSR count). The molecule has 0 radical (unpaired) electrons. The third kappa shape index (κ3) is 2.67. The molecule has 1 aromatic heterocycles. The molecule has 1 N–H and O–H groups in total. The van der Waals surface area contributed by atoms with Gasteiger partial charge in [-0.25, -0.2) is 0 Å². The summed E-state index contributed by atoms with van der Waals surface area (Å²) >= 11 is 0. The Morgan fingerprint density at radius 3 is 2.45 bits per heavy atom. The molecule has 0 amide bonds. The van der Waals surface area contributed by atoms with Crippen molar-refractivity contribution in [2.75, 3.05) is 0 Å². The summed E-state index contributed by atoms with van der Waals surface area (Å²) in [5.74, 6) is 0. The van der Waals surface area contributed by atoms with Crippen molar-refractivity contribution in [2.45, 2.75) is 6.92 Å². The lowest BCUT2D eigenvalue weighted by atomic mass is 9.99. The quantitative estimate of drug-likeness (QED) is 0.775. The Morgan fingerprint density at radius 1 is 0.950 bits per heavy atom.